The minimum Gasteiger partial charge on any atom is -0.466 e. The van der Waals surface area contributed by atoms with Gasteiger partial charge in [0.15, 0.2) is 0 Å². The Labute approximate surface area is 147 Å². The molecule has 3 rings (SSSR count). The number of hydrogen-bond donors (Lipinski definition) is 0. The van der Waals surface area contributed by atoms with Crippen LogP contribution in [0.4, 0.5) is 0 Å². The molecule has 0 N–H and O–H groups in total. The van der Waals surface area contributed by atoms with Crippen LogP contribution in [0.3, 0.4) is 0 Å². The van der Waals surface area contributed by atoms with Gasteiger partial charge < -0.3 is 14.0 Å². The summed E-state index contributed by atoms with van der Waals surface area (Å²) in [5, 5.41) is 0.180. The molecule has 2 aliphatic rings. The van der Waals surface area contributed by atoms with Crippen LogP contribution in [-0.2, 0) is 18.8 Å². The van der Waals surface area contributed by atoms with E-state index in [2.05, 4.69) is 9.97 Å². The maximum absolute atomic E-state index is 12.3. The highest BCUT2D eigenvalue weighted by molar-refractivity contribution is 6.50. The smallest absolute Gasteiger partial charge is 0.462 e. The average molecular weight is 353 g/mol. The molecule has 1 aromatic heterocycles. The van der Waals surface area contributed by atoms with Gasteiger partial charge in [-0.25, -0.2) is 9.97 Å². The lowest BCUT2D eigenvalue weighted by atomic mass is 9.79. The first kappa shape index (κ1) is 17.6. The van der Waals surface area contributed by atoms with Gasteiger partial charge in [0, 0.05) is 24.1 Å². The van der Waals surface area contributed by atoms with E-state index >= 15 is 0 Å². The summed E-state index contributed by atoms with van der Waals surface area (Å²) in [4.78, 5) is 20.4. The number of carbonyl (C=O) groups excluding carboxylic acids is 1. The molecule has 24 heavy (non-hydrogen) atoms. The Morgan fingerprint density at radius 1 is 1.25 bits per heavy atom. The number of nitrogens with zero attached hydrogens (tertiary/aromatic N) is 2. The van der Waals surface area contributed by atoms with E-state index in [0.29, 0.717) is 6.61 Å². The molecule has 6 nitrogen and oxygen atoms in total. The lowest BCUT2D eigenvalue weighted by Crippen LogP contribution is -2.41. The van der Waals surface area contributed by atoms with E-state index in [4.69, 9.17) is 25.6 Å². The first-order valence-corrected chi connectivity index (χ1v) is 8.55. The van der Waals surface area contributed by atoms with Gasteiger partial charge in [-0.05, 0) is 51.8 Å². The van der Waals surface area contributed by atoms with Crippen molar-refractivity contribution in [2.45, 2.75) is 57.6 Å². The second kappa shape index (κ2) is 5.97. The Kier molecular flexibility index (Phi) is 4.39. The molecular formula is C16H22BClN2O4. The average Bonchev–Trinajstić information content (AvgIpc) is 3.17. The third-order valence-corrected chi connectivity index (χ3v) is 5.44. The minimum absolute atomic E-state index is 0.0870. The molecule has 0 radical (unpaired) electrons. The molecule has 130 valence electrons. The second-order valence-electron chi connectivity index (χ2n) is 7.29. The molecule has 1 aliphatic carbocycles. The maximum Gasteiger partial charge on any atom is 0.462 e. The molecule has 1 saturated heterocycles. The van der Waals surface area contributed by atoms with Gasteiger partial charge in [0.25, 0.3) is 0 Å². The van der Waals surface area contributed by atoms with E-state index in [1.165, 1.54) is 0 Å². The Balaban J connectivity index is 1.85. The molecule has 1 saturated carbocycles. The van der Waals surface area contributed by atoms with Crippen molar-refractivity contribution in [1.82, 2.24) is 9.97 Å². The zero-order valence-corrected chi connectivity index (χ0v) is 15.3. The fourth-order valence-corrected chi connectivity index (χ4v) is 3.28. The summed E-state index contributed by atoms with van der Waals surface area (Å²) in [5.41, 5.74) is -0.0433. The lowest BCUT2D eigenvalue weighted by Gasteiger charge is -2.32. The van der Waals surface area contributed by atoms with Gasteiger partial charge in [-0.3, -0.25) is 4.79 Å². The van der Waals surface area contributed by atoms with Crippen molar-refractivity contribution in [3.8, 4) is 0 Å². The molecule has 2 fully saturated rings. The zero-order chi connectivity index (χ0) is 17.7. The number of carbonyl (C=O) groups is 1. The summed E-state index contributed by atoms with van der Waals surface area (Å²) >= 11 is 5.76. The number of halogens is 1. The second-order valence-corrected chi connectivity index (χ2v) is 7.63. The molecule has 1 aromatic rings. The molecule has 1 aliphatic heterocycles. The van der Waals surface area contributed by atoms with Gasteiger partial charge in [0.1, 0.15) is 0 Å². The third-order valence-electron chi connectivity index (χ3n) is 5.25. The standard InChI is InChI=1S/C16H22BClN2O4/c1-6-22-13(21)11-10(9-7-19-14(18)20-8-9)12(11)17-23-15(2,3)16(4,5)24-17/h7-8,10-12H,6H2,1-5H3. The van der Waals surface area contributed by atoms with Crippen LogP contribution < -0.4 is 0 Å². The summed E-state index contributed by atoms with van der Waals surface area (Å²) in [5.74, 6) is -0.757. The highest BCUT2D eigenvalue weighted by atomic mass is 35.5. The molecular weight excluding hydrogens is 330 g/mol. The zero-order valence-electron chi connectivity index (χ0n) is 14.6. The Bertz CT molecular complexity index is 621. The third kappa shape index (κ3) is 2.93. The number of ether oxygens (including phenoxy) is 1. The van der Waals surface area contributed by atoms with Crippen molar-refractivity contribution >= 4 is 24.7 Å². The largest absolute Gasteiger partial charge is 0.466 e. The first-order chi connectivity index (χ1) is 11.2. The van der Waals surface area contributed by atoms with Crippen LogP contribution in [-0.4, -0.2) is 40.9 Å². The van der Waals surface area contributed by atoms with Crippen molar-refractivity contribution in [3.05, 3.63) is 23.2 Å². The van der Waals surface area contributed by atoms with E-state index < -0.39 is 18.3 Å². The van der Waals surface area contributed by atoms with Crippen molar-refractivity contribution in [2.24, 2.45) is 5.92 Å². The van der Waals surface area contributed by atoms with Crippen LogP contribution in [0.2, 0.25) is 11.1 Å². The van der Waals surface area contributed by atoms with Gasteiger partial charge >= 0.3 is 13.1 Å². The van der Waals surface area contributed by atoms with Gasteiger partial charge in [0.05, 0.1) is 23.7 Å². The number of aromatic nitrogens is 2. The van der Waals surface area contributed by atoms with Crippen LogP contribution in [0.15, 0.2) is 12.4 Å². The van der Waals surface area contributed by atoms with Crippen LogP contribution in [0.25, 0.3) is 0 Å². The molecule has 0 bridgehead atoms. The summed E-state index contributed by atoms with van der Waals surface area (Å²) in [7, 11) is -0.468. The number of rotatable bonds is 4. The molecule has 3 unspecified atom stereocenters. The number of hydrogen-bond acceptors (Lipinski definition) is 6. The van der Waals surface area contributed by atoms with Crippen molar-refractivity contribution in [1.29, 1.82) is 0 Å². The van der Waals surface area contributed by atoms with E-state index in [0.717, 1.165) is 5.56 Å². The van der Waals surface area contributed by atoms with Crippen molar-refractivity contribution < 1.29 is 18.8 Å². The van der Waals surface area contributed by atoms with Crippen molar-refractivity contribution in [2.75, 3.05) is 6.61 Å². The van der Waals surface area contributed by atoms with Gasteiger partial charge in [-0.15, -0.1) is 0 Å². The van der Waals surface area contributed by atoms with Crippen LogP contribution in [0.5, 0.6) is 0 Å². The Morgan fingerprint density at radius 3 is 2.29 bits per heavy atom. The maximum atomic E-state index is 12.3. The fourth-order valence-electron chi connectivity index (χ4n) is 3.19. The summed E-state index contributed by atoms with van der Waals surface area (Å²) in [6.45, 7) is 10.1. The van der Waals surface area contributed by atoms with E-state index in [9.17, 15) is 4.79 Å². The van der Waals surface area contributed by atoms with E-state index in [-0.39, 0.29) is 28.9 Å². The topological polar surface area (TPSA) is 70.5 Å². The summed E-state index contributed by atoms with van der Waals surface area (Å²) < 4.78 is 17.5. The molecule has 0 aromatic carbocycles. The predicted molar refractivity (Wildman–Crippen MR) is 89.7 cm³/mol. The van der Waals surface area contributed by atoms with Crippen LogP contribution in [0.1, 0.15) is 46.1 Å². The fraction of sp³-hybridized carbons (Fsp3) is 0.688. The number of esters is 1. The van der Waals surface area contributed by atoms with Crippen molar-refractivity contribution in [3.63, 3.8) is 0 Å². The monoisotopic (exact) mass is 352 g/mol. The molecule has 3 atom stereocenters. The predicted octanol–water partition coefficient (Wildman–Crippen LogP) is 2.87. The van der Waals surface area contributed by atoms with Crippen LogP contribution >= 0.6 is 11.6 Å². The lowest BCUT2D eigenvalue weighted by molar-refractivity contribution is -0.144. The van der Waals surface area contributed by atoms with E-state index in [1.54, 1.807) is 19.3 Å². The minimum atomic E-state index is -0.468. The molecule has 0 spiro atoms. The first-order valence-electron chi connectivity index (χ1n) is 8.17. The van der Waals surface area contributed by atoms with Gasteiger partial charge in [-0.1, -0.05) is 0 Å². The molecule has 0 amide bonds. The summed E-state index contributed by atoms with van der Waals surface area (Å²) in [6, 6.07) is 0. The Hall–Kier alpha value is -1.18. The highest BCUT2D eigenvalue weighted by Gasteiger charge is 2.68. The van der Waals surface area contributed by atoms with Crippen LogP contribution in [0, 0.1) is 5.92 Å². The molecule has 8 heteroatoms. The quantitative estimate of drug-likeness (QED) is 0.471. The Morgan fingerprint density at radius 2 is 1.79 bits per heavy atom. The highest BCUT2D eigenvalue weighted by Crippen LogP contribution is 2.63. The van der Waals surface area contributed by atoms with Gasteiger partial charge in [-0.2, -0.15) is 0 Å². The SMILES string of the molecule is CCOC(=O)C1C(B2OC(C)(C)C(C)(C)O2)C1c1cnc(Cl)nc1. The normalized spacial score (nSPS) is 30.2. The van der Waals surface area contributed by atoms with Gasteiger partial charge in [0.2, 0.25) is 5.28 Å². The molecule has 2 heterocycles. The van der Waals surface area contributed by atoms with E-state index in [1.807, 2.05) is 27.7 Å². The summed E-state index contributed by atoms with van der Waals surface area (Å²) in [6.07, 6.45) is 3.30.